The van der Waals surface area contributed by atoms with Crippen molar-refractivity contribution in [2.45, 2.75) is 173 Å². The van der Waals surface area contributed by atoms with Crippen LogP contribution in [0.25, 0.3) is 0 Å². The van der Waals surface area contributed by atoms with Gasteiger partial charge in [-0.1, -0.05) is 0 Å². The molecule has 0 bridgehead atoms. The van der Waals surface area contributed by atoms with E-state index in [1.807, 2.05) is 0 Å². The standard InChI is InChI=1S/C10H16O3Si.6C4H9.2Sn/c1-8(10(12)13-2)9(11)6-7-14(3,4)5;6*1-3-4-2;;/h1,8-9,11H,2-5H3;6*1,3-4H2,2H3;;/t8-,9-;;;;;;;;/m0......../s1. The van der Waals surface area contributed by atoms with Crippen LogP contribution >= 0.6 is 0 Å². The zero-order chi connectivity index (χ0) is 30.7. The average molecular weight is 792 g/mol. The Kier molecular flexibility index (Phi) is 22.8. The van der Waals surface area contributed by atoms with E-state index in [0.29, 0.717) is 1.95 Å². The number of aliphatic hydroxyl groups is 1. The van der Waals surface area contributed by atoms with Crippen LogP contribution in [0.15, 0.2) is 0 Å². The molecule has 0 aromatic carbocycles. The summed E-state index contributed by atoms with van der Waals surface area (Å²) < 4.78 is 14.5. The van der Waals surface area contributed by atoms with E-state index in [4.69, 9.17) is 4.74 Å². The molecule has 0 rings (SSSR count). The Morgan fingerprint density at radius 3 is 1.20 bits per heavy atom. The van der Waals surface area contributed by atoms with Gasteiger partial charge in [0.25, 0.3) is 0 Å². The number of ether oxygens (including phenoxy) is 1. The predicted octanol–water partition coefficient (Wildman–Crippen LogP) is 10.6. The summed E-state index contributed by atoms with van der Waals surface area (Å²) in [4.78, 5) is 14.1. The van der Waals surface area contributed by atoms with Gasteiger partial charge in [0, 0.05) is 0 Å². The molecule has 0 saturated heterocycles. The van der Waals surface area contributed by atoms with Crippen molar-refractivity contribution in [3.05, 3.63) is 0 Å². The SMILES string of the molecule is CCC[CH2][Sn]([CH2]CCC)([CH2]CCC)[CH]([C@H](C(=O)OC)[C@@H](O)C#C[Si](C)(C)C)[Sn]([CH2]CCC)([CH2]CCC)[CH2]CCC. The van der Waals surface area contributed by atoms with Gasteiger partial charge < -0.3 is 0 Å². The van der Waals surface area contributed by atoms with E-state index >= 15 is 0 Å². The quantitative estimate of drug-likeness (QED) is 0.0637. The molecule has 0 fully saturated rings. The van der Waals surface area contributed by atoms with Gasteiger partial charge in [0.1, 0.15) is 0 Å². The molecule has 40 heavy (non-hydrogen) atoms. The average Bonchev–Trinajstić information content (AvgIpc) is 2.94. The molecular formula is C34H70O3SiSn2. The van der Waals surface area contributed by atoms with Crippen molar-refractivity contribution < 1.29 is 14.6 Å². The van der Waals surface area contributed by atoms with Crippen molar-refractivity contribution in [1.29, 1.82) is 0 Å². The van der Waals surface area contributed by atoms with E-state index < -0.39 is 56.8 Å². The van der Waals surface area contributed by atoms with Crippen molar-refractivity contribution >= 4 is 50.8 Å². The van der Waals surface area contributed by atoms with Crippen LogP contribution in [-0.4, -0.2) is 69.1 Å². The van der Waals surface area contributed by atoms with Gasteiger partial charge in [-0.05, 0) is 0 Å². The van der Waals surface area contributed by atoms with Gasteiger partial charge in [-0.2, -0.15) is 0 Å². The van der Waals surface area contributed by atoms with Crippen LogP contribution in [-0.2, 0) is 9.53 Å². The van der Waals surface area contributed by atoms with Crippen LogP contribution in [0.5, 0.6) is 0 Å². The van der Waals surface area contributed by atoms with E-state index in [2.05, 4.69) is 72.6 Å². The van der Waals surface area contributed by atoms with Gasteiger partial charge in [0.15, 0.2) is 0 Å². The minimum absolute atomic E-state index is 0.140. The van der Waals surface area contributed by atoms with E-state index in [9.17, 15) is 9.90 Å². The monoisotopic (exact) mass is 794 g/mol. The number of hydrogen-bond donors (Lipinski definition) is 1. The molecule has 0 aliphatic carbocycles. The molecule has 0 spiro atoms. The van der Waals surface area contributed by atoms with Crippen LogP contribution in [0.3, 0.4) is 0 Å². The van der Waals surface area contributed by atoms with Crippen molar-refractivity contribution in [3.8, 4) is 11.5 Å². The maximum absolute atomic E-state index is 14.1. The predicted molar refractivity (Wildman–Crippen MR) is 186 cm³/mol. The Morgan fingerprint density at radius 1 is 0.675 bits per heavy atom. The van der Waals surface area contributed by atoms with E-state index in [1.54, 1.807) is 7.11 Å². The second-order valence-electron chi connectivity index (χ2n) is 13.8. The third kappa shape index (κ3) is 14.1. The van der Waals surface area contributed by atoms with Gasteiger partial charge in [0.05, 0.1) is 0 Å². The molecule has 3 nitrogen and oxygen atoms in total. The molecule has 0 heterocycles. The van der Waals surface area contributed by atoms with E-state index in [-0.39, 0.29) is 5.97 Å². The van der Waals surface area contributed by atoms with Crippen LogP contribution in [0.4, 0.5) is 0 Å². The Hall–Kier alpha value is 0.804. The molecule has 1 N–H and O–H groups in total. The normalized spacial score (nSPS) is 14.1. The molecule has 0 amide bonds. The maximum atomic E-state index is 14.1. The van der Waals surface area contributed by atoms with Crippen LogP contribution in [0.1, 0.15) is 119 Å². The minimum atomic E-state index is -3.04. The number of rotatable bonds is 23. The number of carbonyl (C=O) groups excluding carboxylic acids is 1. The van der Waals surface area contributed by atoms with Crippen LogP contribution in [0.2, 0.25) is 48.2 Å². The molecule has 0 aromatic rings. The van der Waals surface area contributed by atoms with Crippen molar-refractivity contribution in [2.24, 2.45) is 5.92 Å². The molecule has 236 valence electrons. The molecule has 0 aromatic heterocycles. The summed E-state index contributed by atoms with van der Waals surface area (Å²) in [5.74, 6) is 2.77. The molecular weight excluding hydrogens is 722 g/mol. The zero-order valence-corrected chi connectivity index (χ0v) is 35.4. The number of aliphatic hydroxyl groups excluding tert-OH is 1. The van der Waals surface area contributed by atoms with Crippen molar-refractivity contribution in [2.75, 3.05) is 7.11 Å². The molecule has 6 heteroatoms. The number of methoxy groups -OCH3 is 1. The van der Waals surface area contributed by atoms with Gasteiger partial charge in [0.2, 0.25) is 0 Å². The number of carbonyl (C=O) groups is 1. The van der Waals surface area contributed by atoms with Crippen molar-refractivity contribution in [3.63, 3.8) is 0 Å². The zero-order valence-electron chi connectivity index (χ0n) is 28.7. The topological polar surface area (TPSA) is 46.5 Å². The Balaban J connectivity index is 7.78. The Bertz CT molecular complexity index is 649. The molecule has 0 aliphatic rings. The fourth-order valence-electron chi connectivity index (χ4n) is 7.23. The van der Waals surface area contributed by atoms with Crippen LogP contribution < -0.4 is 0 Å². The molecule has 0 unspecified atom stereocenters. The summed E-state index contributed by atoms with van der Waals surface area (Å²) in [6.45, 7) is 20.8. The van der Waals surface area contributed by atoms with Gasteiger partial charge >= 0.3 is 263 Å². The first kappa shape index (κ1) is 40.8. The molecule has 0 saturated carbocycles. The van der Waals surface area contributed by atoms with Crippen LogP contribution in [0, 0.1) is 17.4 Å². The Labute approximate surface area is 260 Å². The number of hydrogen-bond acceptors (Lipinski definition) is 3. The summed E-state index contributed by atoms with van der Waals surface area (Å²) in [6.07, 6.45) is 14.2. The second kappa shape index (κ2) is 22.3. The summed E-state index contributed by atoms with van der Waals surface area (Å²) >= 11 is -6.07. The molecule has 0 radical (unpaired) electrons. The molecule has 2 atom stereocenters. The summed E-state index contributed by atoms with van der Waals surface area (Å²) in [7, 11) is -0.139. The van der Waals surface area contributed by atoms with Gasteiger partial charge in [-0.25, -0.2) is 0 Å². The fourth-order valence-corrected chi connectivity index (χ4v) is 86.9. The molecule has 0 aliphatic heterocycles. The van der Waals surface area contributed by atoms with E-state index in [0.717, 1.165) is 0 Å². The fraction of sp³-hybridized carbons (Fsp3) is 0.912. The first-order chi connectivity index (χ1) is 19.0. The summed E-state index contributed by atoms with van der Waals surface area (Å²) in [6, 6.07) is 0. The van der Waals surface area contributed by atoms with E-state index in [1.165, 1.54) is 104 Å². The second-order valence-corrected chi connectivity index (χ2v) is 51.0. The van der Waals surface area contributed by atoms with Gasteiger partial charge in [-0.3, -0.25) is 0 Å². The third-order valence-corrected chi connectivity index (χ3v) is 66.3. The summed E-state index contributed by atoms with van der Waals surface area (Å²) in [5.41, 5.74) is 3.48. The summed E-state index contributed by atoms with van der Waals surface area (Å²) in [5, 5.41) is 12.0. The third-order valence-electron chi connectivity index (χ3n) is 9.26. The van der Waals surface area contributed by atoms with Gasteiger partial charge in [-0.15, -0.1) is 0 Å². The first-order valence-electron chi connectivity index (χ1n) is 17.3. The Morgan fingerprint density at radius 2 is 0.975 bits per heavy atom. The van der Waals surface area contributed by atoms with Crippen molar-refractivity contribution in [1.82, 2.24) is 0 Å². The number of esters is 1. The first-order valence-corrected chi connectivity index (χ1v) is 36.2. The number of unbranched alkanes of at least 4 members (excludes halogenated alkanes) is 6.